The summed E-state index contributed by atoms with van der Waals surface area (Å²) in [6, 6.07) is 11.4. The van der Waals surface area contributed by atoms with Gasteiger partial charge in [0, 0.05) is 43.6 Å². The molecule has 7 atom stereocenters. The molecule has 0 amide bonds. The van der Waals surface area contributed by atoms with E-state index >= 15 is 0 Å². The molecule has 0 aromatic heterocycles. The van der Waals surface area contributed by atoms with Gasteiger partial charge in [-0.15, -0.1) is 0 Å². The van der Waals surface area contributed by atoms with Gasteiger partial charge in [0.15, 0.2) is 5.78 Å². The molecule has 1 unspecified atom stereocenters. The van der Waals surface area contributed by atoms with Crippen LogP contribution in [0.1, 0.15) is 88.7 Å². The smallest absolute Gasteiger partial charge is 0.155 e. The zero-order chi connectivity index (χ0) is 27.1. The van der Waals surface area contributed by atoms with Crippen LogP contribution in [-0.2, 0) is 9.59 Å². The summed E-state index contributed by atoms with van der Waals surface area (Å²) in [5, 5.41) is 2.74. The quantitative estimate of drug-likeness (QED) is 0.408. The summed E-state index contributed by atoms with van der Waals surface area (Å²) in [7, 11) is 4.27. The fraction of sp³-hybridized carbons (Fsp3) is 0.556. The van der Waals surface area contributed by atoms with Crippen LogP contribution in [0.2, 0.25) is 0 Å². The number of rotatable bonds is 4. The number of carbonyl (C=O) groups excluding carboxylic acids is 2. The molecule has 7 rings (SSSR count). The molecule has 0 heterocycles. The molecule has 0 bridgehead atoms. The number of benzene rings is 2. The number of carbonyl (C=O) groups is 2. The van der Waals surface area contributed by atoms with Crippen LogP contribution in [0.4, 0.5) is 5.69 Å². The number of fused-ring (bicyclic) bond motifs is 5. The number of anilines is 1. The third-order valence-corrected chi connectivity index (χ3v) is 12.2. The predicted octanol–water partition coefficient (Wildman–Crippen LogP) is 8.12. The maximum absolute atomic E-state index is 12.8. The zero-order valence-electron chi connectivity index (χ0n) is 24.1. The van der Waals surface area contributed by atoms with E-state index in [0.29, 0.717) is 41.7 Å². The second-order valence-electron chi connectivity index (χ2n) is 14.0. The number of nitrogens with zero attached hydrogens (tertiary/aromatic N) is 1. The lowest BCUT2D eigenvalue weighted by Crippen LogP contribution is -2.52. The van der Waals surface area contributed by atoms with E-state index in [0.717, 1.165) is 32.1 Å². The molecule has 3 fully saturated rings. The summed E-state index contributed by atoms with van der Waals surface area (Å²) < 4.78 is 0. The van der Waals surface area contributed by atoms with E-state index in [-0.39, 0.29) is 16.7 Å². The highest BCUT2D eigenvalue weighted by Crippen LogP contribution is 2.68. The Morgan fingerprint density at radius 1 is 1.00 bits per heavy atom. The molecule has 3 heteroatoms. The van der Waals surface area contributed by atoms with Crippen molar-refractivity contribution in [2.75, 3.05) is 19.0 Å². The van der Waals surface area contributed by atoms with Crippen molar-refractivity contribution in [1.82, 2.24) is 0 Å². The van der Waals surface area contributed by atoms with E-state index in [4.69, 9.17) is 0 Å². The van der Waals surface area contributed by atoms with Gasteiger partial charge in [0.25, 0.3) is 0 Å². The summed E-state index contributed by atoms with van der Waals surface area (Å²) in [5.41, 5.74) is 5.79. The van der Waals surface area contributed by atoms with Crippen LogP contribution < -0.4 is 4.90 Å². The lowest BCUT2D eigenvalue weighted by Gasteiger charge is -2.59. The SMILES string of the molecule is CC(=O)[C@H]1CC[C@H]2[C@@H]3CCC4=CC(=O)CC[C@]4(CC4C=Cc5c(N(C)C)ccc6cccc4c56)[C@H]3CC[C@]12C. The first kappa shape index (κ1) is 25.3. The van der Waals surface area contributed by atoms with Gasteiger partial charge < -0.3 is 4.90 Å². The summed E-state index contributed by atoms with van der Waals surface area (Å²) in [4.78, 5) is 27.6. The molecule has 0 N–H and O–H groups in total. The second kappa shape index (κ2) is 8.91. The van der Waals surface area contributed by atoms with Gasteiger partial charge in [0.2, 0.25) is 0 Å². The van der Waals surface area contributed by atoms with Crippen molar-refractivity contribution in [3.8, 4) is 0 Å². The Bertz CT molecular complexity index is 1430. The standard InChI is InChI=1S/C36H43NO2/c1-22(38)30-13-14-31-28-12-10-25-20-26(39)16-19-36(25,32(28)17-18-35(30,31)2)21-24-8-11-29-33(37(3)4)15-9-23-6-5-7-27(24)34(23)29/h5-9,11,15,20,24,28,30-32H,10,12-14,16-19,21H2,1-4H3/t24?,28-,30+,31-,32-,35+,36+/m0/s1. The average Bonchev–Trinajstić information content (AvgIpc) is 3.28. The summed E-state index contributed by atoms with van der Waals surface area (Å²) in [5.74, 6) is 3.28. The minimum absolute atomic E-state index is 0.0975. The Morgan fingerprint density at radius 3 is 2.64 bits per heavy atom. The lowest BCUT2D eigenvalue weighted by molar-refractivity contribution is -0.129. The highest BCUT2D eigenvalue weighted by atomic mass is 16.1. The van der Waals surface area contributed by atoms with E-state index in [1.807, 2.05) is 6.92 Å². The second-order valence-corrected chi connectivity index (χ2v) is 14.0. The Morgan fingerprint density at radius 2 is 1.85 bits per heavy atom. The van der Waals surface area contributed by atoms with Crippen LogP contribution >= 0.6 is 0 Å². The van der Waals surface area contributed by atoms with Gasteiger partial charge >= 0.3 is 0 Å². The number of ketones is 2. The molecular formula is C36H43NO2. The molecule has 3 saturated carbocycles. The zero-order valence-corrected chi connectivity index (χ0v) is 24.1. The normalized spacial score (nSPS) is 36.7. The largest absolute Gasteiger partial charge is 0.377 e. The summed E-state index contributed by atoms with van der Waals surface area (Å²) in [6.07, 6.45) is 16.6. The van der Waals surface area contributed by atoms with Gasteiger partial charge in [-0.05, 0) is 115 Å². The van der Waals surface area contributed by atoms with Crippen molar-refractivity contribution in [1.29, 1.82) is 0 Å². The third kappa shape index (κ3) is 3.60. The molecule has 2 aromatic carbocycles. The van der Waals surface area contributed by atoms with Crippen molar-refractivity contribution >= 4 is 34.1 Å². The minimum atomic E-state index is 0.0975. The van der Waals surface area contributed by atoms with Crippen LogP contribution in [0.3, 0.4) is 0 Å². The molecule has 5 aliphatic carbocycles. The predicted molar refractivity (Wildman–Crippen MR) is 160 cm³/mol. The number of hydrogen-bond donors (Lipinski definition) is 0. The van der Waals surface area contributed by atoms with Crippen molar-refractivity contribution < 1.29 is 9.59 Å². The van der Waals surface area contributed by atoms with Gasteiger partial charge in [-0.1, -0.05) is 48.9 Å². The van der Waals surface area contributed by atoms with Gasteiger partial charge in [0.05, 0.1) is 0 Å². The fourth-order valence-electron chi connectivity index (χ4n) is 10.6. The van der Waals surface area contributed by atoms with E-state index in [9.17, 15) is 9.59 Å². The van der Waals surface area contributed by atoms with Crippen LogP contribution in [0.25, 0.3) is 16.8 Å². The third-order valence-electron chi connectivity index (χ3n) is 12.2. The number of hydrogen-bond acceptors (Lipinski definition) is 3. The molecule has 0 spiro atoms. The van der Waals surface area contributed by atoms with Crippen LogP contribution in [0.15, 0.2) is 48.1 Å². The molecule has 3 nitrogen and oxygen atoms in total. The van der Waals surface area contributed by atoms with Gasteiger partial charge in [-0.25, -0.2) is 0 Å². The molecule has 0 aliphatic heterocycles. The number of allylic oxidation sites excluding steroid dienone is 2. The molecule has 39 heavy (non-hydrogen) atoms. The summed E-state index contributed by atoms with van der Waals surface area (Å²) >= 11 is 0. The van der Waals surface area contributed by atoms with E-state index in [2.05, 4.69) is 74.5 Å². The Labute approximate surface area is 233 Å². The lowest BCUT2D eigenvalue weighted by atomic mass is 9.44. The van der Waals surface area contributed by atoms with E-state index in [1.165, 1.54) is 52.4 Å². The van der Waals surface area contributed by atoms with Crippen LogP contribution in [0, 0.1) is 34.5 Å². The minimum Gasteiger partial charge on any atom is -0.377 e. The maximum atomic E-state index is 12.8. The highest BCUT2D eigenvalue weighted by Gasteiger charge is 2.61. The molecule has 5 aliphatic rings. The fourth-order valence-corrected chi connectivity index (χ4v) is 10.6. The van der Waals surface area contributed by atoms with Crippen LogP contribution in [-0.4, -0.2) is 25.7 Å². The average molecular weight is 522 g/mol. The first-order valence-corrected chi connectivity index (χ1v) is 15.4. The molecule has 2 aromatic rings. The van der Waals surface area contributed by atoms with E-state index < -0.39 is 0 Å². The van der Waals surface area contributed by atoms with Crippen molar-refractivity contribution in [3.05, 3.63) is 59.2 Å². The van der Waals surface area contributed by atoms with Crippen molar-refractivity contribution in [3.63, 3.8) is 0 Å². The summed E-state index contributed by atoms with van der Waals surface area (Å²) in [6.45, 7) is 4.27. The van der Waals surface area contributed by atoms with E-state index in [1.54, 1.807) is 0 Å². The molecule has 0 radical (unpaired) electrons. The van der Waals surface area contributed by atoms with Crippen molar-refractivity contribution in [2.45, 2.75) is 77.6 Å². The van der Waals surface area contributed by atoms with Gasteiger partial charge in [-0.2, -0.15) is 0 Å². The highest BCUT2D eigenvalue weighted by molar-refractivity contribution is 6.00. The van der Waals surface area contributed by atoms with Crippen LogP contribution in [0.5, 0.6) is 0 Å². The Kier molecular flexibility index (Phi) is 5.78. The molecule has 0 saturated heterocycles. The van der Waals surface area contributed by atoms with Gasteiger partial charge in [0.1, 0.15) is 5.78 Å². The Balaban J connectivity index is 1.30. The first-order chi connectivity index (χ1) is 18.7. The maximum Gasteiger partial charge on any atom is 0.155 e. The van der Waals surface area contributed by atoms with Gasteiger partial charge in [-0.3, -0.25) is 9.59 Å². The topological polar surface area (TPSA) is 37.4 Å². The molecule has 204 valence electrons. The van der Waals surface area contributed by atoms with Crippen molar-refractivity contribution in [2.24, 2.45) is 34.5 Å². The number of Topliss-reactive ketones (excluding diaryl/α,β-unsaturated/α-hetero) is 1. The first-order valence-electron chi connectivity index (χ1n) is 15.4. The Hall–Kier alpha value is -2.68. The molecular weight excluding hydrogens is 478 g/mol. The monoisotopic (exact) mass is 521 g/mol.